The van der Waals surface area contributed by atoms with Crippen LogP contribution in [0.2, 0.25) is 0 Å². The molecule has 1 heterocycles. The van der Waals surface area contributed by atoms with Crippen molar-refractivity contribution in [3.05, 3.63) is 35.4 Å². The van der Waals surface area contributed by atoms with Crippen LogP contribution in [0, 0.1) is 11.8 Å². The molecule has 1 aliphatic heterocycles. The summed E-state index contributed by atoms with van der Waals surface area (Å²) in [7, 11) is 0. The van der Waals surface area contributed by atoms with Crippen molar-refractivity contribution in [1.29, 1.82) is 0 Å². The maximum atomic E-state index is 12.2. The Morgan fingerprint density at radius 1 is 1.11 bits per heavy atom. The number of fused-ring (bicyclic) bond motifs is 1. The highest BCUT2D eigenvalue weighted by molar-refractivity contribution is 5.84. The smallest absolute Gasteiger partial charge is 0.307 e. The van der Waals surface area contributed by atoms with Crippen LogP contribution in [0.5, 0.6) is 0 Å². The van der Waals surface area contributed by atoms with Crippen LogP contribution in [0.15, 0.2) is 24.3 Å². The van der Waals surface area contributed by atoms with Gasteiger partial charge in [0.1, 0.15) is 0 Å². The quantitative estimate of drug-likeness (QED) is 0.887. The van der Waals surface area contributed by atoms with Crippen LogP contribution in [0.3, 0.4) is 0 Å². The van der Waals surface area contributed by atoms with Crippen molar-refractivity contribution in [1.82, 2.24) is 4.90 Å². The summed E-state index contributed by atoms with van der Waals surface area (Å²) >= 11 is 0. The number of carbonyl (C=O) groups excluding carboxylic acids is 1. The van der Waals surface area contributed by atoms with E-state index >= 15 is 0 Å². The molecule has 1 aliphatic rings. The Labute approximate surface area is 106 Å². The summed E-state index contributed by atoms with van der Waals surface area (Å²) in [6.45, 7) is 4.44. The van der Waals surface area contributed by atoms with E-state index in [0.29, 0.717) is 13.1 Å². The second-order valence-corrected chi connectivity index (χ2v) is 4.88. The number of nitrogens with zero attached hydrogens (tertiary/aromatic N) is 1. The number of aliphatic carboxylic acids is 1. The first kappa shape index (κ1) is 12.6. The van der Waals surface area contributed by atoms with Crippen molar-refractivity contribution in [3.8, 4) is 0 Å². The Hall–Kier alpha value is -1.84. The van der Waals surface area contributed by atoms with E-state index in [1.807, 2.05) is 24.3 Å². The molecule has 0 spiro atoms. The van der Waals surface area contributed by atoms with Gasteiger partial charge in [0.15, 0.2) is 0 Å². The molecule has 0 saturated heterocycles. The molecule has 2 rings (SSSR count). The van der Waals surface area contributed by atoms with Crippen LogP contribution < -0.4 is 0 Å². The van der Waals surface area contributed by atoms with Gasteiger partial charge in [-0.05, 0) is 11.1 Å². The topological polar surface area (TPSA) is 57.6 Å². The fraction of sp³-hybridized carbons (Fsp3) is 0.429. The lowest BCUT2D eigenvalue weighted by atomic mass is 9.95. The summed E-state index contributed by atoms with van der Waals surface area (Å²) in [4.78, 5) is 24.9. The van der Waals surface area contributed by atoms with E-state index in [2.05, 4.69) is 0 Å². The third kappa shape index (κ3) is 2.23. The van der Waals surface area contributed by atoms with E-state index in [-0.39, 0.29) is 5.91 Å². The highest BCUT2D eigenvalue weighted by Gasteiger charge is 2.32. The Bertz CT molecular complexity index is 459. The maximum absolute atomic E-state index is 12.2. The standard InChI is InChI=1S/C14H17NO3/c1-9(10(2)14(17)18)13(16)15-7-11-5-3-4-6-12(11)8-15/h3-6,9-10H,7-8H2,1-2H3,(H,17,18). The van der Waals surface area contributed by atoms with Gasteiger partial charge in [0.25, 0.3) is 0 Å². The predicted octanol–water partition coefficient (Wildman–Crippen LogP) is 1.89. The summed E-state index contributed by atoms with van der Waals surface area (Å²) in [5.74, 6) is -2.15. The van der Waals surface area contributed by atoms with Crippen molar-refractivity contribution in [3.63, 3.8) is 0 Å². The van der Waals surface area contributed by atoms with Gasteiger partial charge in [-0.1, -0.05) is 38.1 Å². The van der Waals surface area contributed by atoms with Gasteiger partial charge >= 0.3 is 5.97 Å². The second-order valence-electron chi connectivity index (χ2n) is 4.88. The van der Waals surface area contributed by atoms with Crippen molar-refractivity contribution < 1.29 is 14.7 Å². The van der Waals surface area contributed by atoms with Crippen LogP contribution in [0.1, 0.15) is 25.0 Å². The SMILES string of the molecule is CC(C(=O)O)C(C)C(=O)N1Cc2ccccc2C1. The fourth-order valence-electron chi connectivity index (χ4n) is 2.20. The number of amides is 1. The first-order chi connectivity index (χ1) is 8.50. The zero-order valence-electron chi connectivity index (χ0n) is 10.6. The van der Waals surface area contributed by atoms with Gasteiger partial charge in [0.2, 0.25) is 5.91 Å². The molecule has 1 amide bonds. The van der Waals surface area contributed by atoms with Gasteiger partial charge < -0.3 is 10.0 Å². The molecule has 0 saturated carbocycles. The van der Waals surface area contributed by atoms with Crippen LogP contribution in [0.25, 0.3) is 0 Å². The number of hydrogen-bond acceptors (Lipinski definition) is 2. The molecule has 1 aromatic rings. The molecule has 0 fully saturated rings. The Morgan fingerprint density at radius 3 is 2.06 bits per heavy atom. The number of benzene rings is 1. The van der Waals surface area contributed by atoms with E-state index in [1.54, 1.807) is 18.7 Å². The van der Waals surface area contributed by atoms with Gasteiger partial charge in [-0.15, -0.1) is 0 Å². The number of carboxylic acids is 1. The molecular formula is C14H17NO3. The molecule has 4 heteroatoms. The third-order valence-corrected chi connectivity index (χ3v) is 3.68. The van der Waals surface area contributed by atoms with Crippen molar-refractivity contribution in [2.45, 2.75) is 26.9 Å². The number of carboxylic acid groups (broad SMARTS) is 1. The summed E-state index contributed by atoms with van der Waals surface area (Å²) in [5, 5.41) is 8.95. The number of carbonyl (C=O) groups is 2. The average Bonchev–Trinajstić information content (AvgIpc) is 2.79. The molecule has 2 unspecified atom stereocenters. The van der Waals surface area contributed by atoms with Gasteiger partial charge in [-0.2, -0.15) is 0 Å². The number of hydrogen-bond donors (Lipinski definition) is 1. The van der Waals surface area contributed by atoms with Crippen LogP contribution in [-0.4, -0.2) is 21.9 Å². The predicted molar refractivity (Wildman–Crippen MR) is 66.7 cm³/mol. The molecule has 18 heavy (non-hydrogen) atoms. The first-order valence-electron chi connectivity index (χ1n) is 6.09. The number of rotatable bonds is 3. The highest BCUT2D eigenvalue weighted by Crippen LogP contribution is 2.25. The van der Waals surface area contributed by atoms with Gasteiger partial charge in [0, 0.05) is 19.0 Å². The maximum Gasteiger partial charge on any atom is 0.307 e. The van der Waals surface area contributed by atoms with E-state index in [1.165, 1.54) is 0 Å². The summed E-state index contributed by atoms with van der Waals surface area (Å²) in [6.07, 6.45) is 0. The van der Waals surface area contributed by atoms with Crippen LogP contribution in [0.4, 0.5) is 0 Å². The van der Waals surface area contributed by atoms with E-state index in [9.17, 15) is 9.59 Å². The van der Waals surface area contributed by atoms with E-state index in [4.69, 9.17) is 5.11 Å². The summed E-state index contributed by atoms with van der Waals surface area (Å²) in [6, 6.07) is 7.92. The molecule has 0 radical (unpaired) electrons. The molecule has 0 bridgehead atoms. The van der Waals surface area contributed by atoms with E-state index in [0.717, 1.165) is 11.1 Å². The molecule has 96 valence electrons. The van der Waals surface area contributed by atoms with Crippen molar-refractivity contribution in [2.75, 3.05) is 0 Å². The minimum Gasteiger partial charge on any atom is -0.481 e. The van der Waals surface area contributed by atoms with Crippen LogP contribution in [-0.2, 0) is 22.7 Å². The van der Waals surface area contributed by atoms with Crippen molar-refractivity contribution >= 4 is 11.9 Å². The fourth-order valence-corrected chi connectivity index (χ4v) is 2.20. The summed E-state index contributed by atoms with van der Waals surface area (Å²) < 4.78 is 0. The van der Waals surface area contributed by atoms with Crippen LogP contribution >= 0.6 is 0 Å². The lowest BCUT2D eigenvalue weighted by molar-refractivity contribution is -0.149. The van der Waals surface area contributed by atoms with Crippen molar-refractivity contribution in [2.24, 2.45) is 11.8 Å². The van der Waals surface area contributed by atoms with Gasteiger partial charge in [-0.3, -0.25) is 9.59 Å². The summed E-state index contributed by atoms with van der Waals surface area (Å²) in [5.41, 5.74) is 2.31. The van der Waals surface area contributed by atoms with Gasteiger partial charge in [-0.25, -0.2) is 0 Å². The third-order valence-electron chi connectivity index (χ3n) is 3.68. The molecule has 1 N–H and O–H groups in total. The molecule has 0 aromatic heterocycles. The van der Waals surface area contributed by atoms with E-state index < -0.39 is 17.8 Å². The van der Waals surface area contributed by atoms with Gasteiger partial charge in [0.05, 0.1) is 5.92 Å². The first-order valence-corrected chi connectivity index (χ1v) is 6.09. The zero-order valence-corrected chi connectivity index (χ0v) is 10.6. The normalized spacial score (nSPS) is 17.1. The average molecular weight is 247 g/mol. The molecule has 2 atom stereocenters. The molecule has 4 nitrogen and oxygen atoms in total. The minimum absolute atomic E-state index is 0.0823. The lowest BCUT2D eigenvalue weighted by Gasteiger charge is -2.22. The molecule has 0 aliphatic carbocycles. The zero-order chi connectivity index (χ0) is 13.3. The Kier molecular flexibility index (Phi) is 3.36. The largest absolute Gasteiger partial charge is 0.481 e. The molecule has 1 aromatic carbocycles. The Balaban J connectivity index is 2.07. The Morgan fingerprint density at radius 2 is 1.61 bits per heavy atom. The monoisotopic (exact) mass is 247 g/mol. The second kappa shape index (κ2) is 4.80. The highest BCUT2D eigenvalue weighted by atomic mass is 16.4. The molecular weight excluding hydrogens is 230 g/mol. The minimum atomic E-state index is -0.924. The lowest BCUT2D eigenvalue weighted by Crippen LogP contribution is -2.36.